The van der Waals surface area contributed by atoms with Crippen molar-refractivity contribution in [2.75, 3.05) is 17.1 Å². The van der Waals surface area contributed by atoms with Crippen LogP contribution in [0.25, 0.3) is 10.8 Å². The number of sulfonamides is 1. The lowest BCUT2D eigenvalue weighted by Gasteiger charge is -2.22. The minimum atomic E-state index is -3.58. The second-order valence-corrected chi connectivity index (χ2v) is 6.45. The monoisotopic (exact) mass is 297 g/mol. The summed E-state index contributed by atoms with van der Waals surface area (Å²) < 4.78 is 24.7. The van der Waals surface area contributed by atoms with Gasteiger partial charge in [0.05, 0.1) is 11.9 Å². The molecular weight excluding hydrogens is 286 g/mol. The fourth-order valence-corrected chi connectivity index (χ4v) is 2.98. The molecule has 0 radical (unpaired) electrons. The first kappa shape index (κ1) is 13.8. The maximum Gasteiger partial charge on any atom is 0.242 e. The van der Waals surface area contributed by atoms with Crippen LogP contribution < -0.4 is 4.31 Å². The van der Waals surface area contributed by atoms with Gasteiger partial charge in [-0.25, -0.2) is 8.42 Å². The minimum Gasteiger partial charge on any atom is -0.279 e. The van der Waals surface area contributed by atoms with Crippen molar-refractivity contribution in [3.8, 4) is 0 Å². The molecule has 6 heteroatoms. The molecule has 100 valence electrons. The maximum absolute atomic E-state index is 11.8. The van der Waals surface area contributed by atoms with Gasteiger partial charge in [0.25, 0.3) is 0 Å². The smallest absolute Gasteiger partial charge is 0.242 e. The Morgan fingerprint density at radius 2 is 1.79 bits per heavy atom. The molecule has 0 saturated carbocycles. The number of hydrogen-bond donors (Lipinski definition) is 0. The molecular formula is C13H12ClNO3S. The molecule has 0 unspecified atom stereocenters. The van der Waals surface area contributed by atoms with Crippen LogP contribution in [0.2, 0.25) is 0 Å². The normalized spacial score (nSPS) is 11.5. The molecule has 0 aliphatic carbocycles. The molecule has 2 aromatic rings. The summed E-state index contributed by atoms with van der Waals surface area (Å²) in [6.45, 7) is -0.381. The first-order valence-corrected chi connectivity index (χ1v) is 7.76. The SMILES string of the molecule is CS(=O)(=O)N(CC(=O)Cl)c1cccc2ccccc12. The third kappa shape index (κ3) is 3.05. The zero-order valence-corrected chi connectivity index (χ0v) is 11.8. The van der Waals surface area contributed by atoms with Crippen molar-refractivity contribution in [2.24, 2.45) is 0 Å². The zero-order valence-electron chi connectivity index (χ0n) is 10.2. The Balaban J connectivity index is 2.66. The molecule has 0 aliphatic rings. The molecule has 0 saturated heterocycles. The van der Waals surface area contributed by atoms with Gasteiger partial charge in [-0.3, -0.25) is 9.10 Å². The highest BCUT2D eigenvalue weighted by Gasteiger charge is 2.21. The highest BCUT2D eigenvalue weighted by molar-refractivity contribution is 7.92. The number of carbonyl (C=O) groups excluding carboxylic acids is 1. The lowest BCUT2D eigenvalue weighted by Crippen LogP contribution is -2.33. The summed E-state index contributed by atoms with van der Waals surface area (Å²) in [5.41, 5.74) is 0.453. The van der Waals surface area contributed by atoms with E-state index in [4.69, 9.17) is 11.6 Å². The Labute approximate surface area is 116 Å². The van der Waals surface area contributed by atoms with Gasteiger partial charge in [0.2, 0.25) is 15.3 Å². The molecule has 0 aliphatic heterocycles. The predicted octanol–water partition coefficient (Wildman–Crippen LogP) is 2.37. The first-order valence-electron chi connectivity index (χ1n) is 5.53. The Hall–Kier alpha value is -1.59. The lowest BCUT2D eigenvalue weighted by atomic mass is 10.1. The number of carbonyl (C=O) groups is 1. The van der Waals surface area contributed by atoms with Crippen molar-refractivity contribution in [1.29, 1.82) is 0 Å². The van der Waals surface area contributed by atoms with E-state index >= 15 is 0 Å². The summed E-state index contributed by atoms with van der Waals surface area (Å²) in [5.74, 6) is 0. The van der Waals surface area contributed by atoms with Crippen molar-refractivity contribution >= 4 is 43.3 Å². The topological polar surface area (TPSA) is 54.5 Å². The van der Waals surface area contributed by atoms with Gasteiger partial charge in [-0.2, -0.15) is 0 Å². The highest BCUT2D eigenvalue weighted by Crippen LogP contribution is 2.28. The van der Waals surface area contributed by atoms with E-state index in [9.17, 15) is 13.2 Å². The van der Waals surface area contributed by atoms with Crippen molar-refractivity contribution in [3.05, 3.63) is 42.5 Å². The number of anilines is 1. The van der Waals surface area contributed by atoms with Crippen LogP contribution in [0.4, 0.5) is 5.69 Å². The molecule has 0 atom stereocenters. The summed E-state index contributed by atoms with van der Waals surface area (Å²) >= 11 is 5.33. The second-order valence-electron chi connectivity index (χ2n) is 4.12. The second kappa shape index (κ2) is 5.19. The molecule has 0 N–H and O–H groups in total. The van der Waals surface area contributed by atoms with Gasteiger partial charge in [-0.15, -0.1) is 0 Å². The number of nitrogens with zero attached hydrogens (tertiary/aromatic N) is 1. The van der Waals surface area contributed by atoms with Gasteiger partial charge in [-0.1, -0.05) is 36.4 Å². The van der Waals surface area contributed by atoms with Crippen LogP contribution in [-0.4, -0.2) is 26.5 Å². The van der Waals surface area contributed by atoms with Gasteiger partial charge in [0, 0.05) is 5.39 Å². The molecule has 19 heavy (non-hydrogen) atoms. The molecule has 0 bridgehead atoms. The third-order valence-electron chi connectivity index (χ3n) is 2.70. The molecule has 0 aromatic heterocycles. The predicted molar refractivity (Wildman–Crippen MR) is 77.0 cm³/mol. The Bertz CT molecular complexity index is 722. The van der Waals surface area contributed by atoms with E-state index < -0.39 is 15.3 Å². The lowest BCUT2D eigenvalue weighted by molar-refractivity contribution is -0.110. The van der Waals surface area contributed by atoms with Crippen LogP contribution in [0.1, 0.15) is 0 Å². The van der Waals surface area contributed by atoms with Crippen LogP contribution >= 0.6 is 11.6 Å². The Morgan fingerprint density at radius 1 is 1.16 bits per heavy atom. The van der Waals surface area contributed by atoms with Gasteiger partial charge in [-0.05, 0) is 23.1 Å². The first-order chi connectivity index (χ1) is 8.89. The fourth-order valence-electron chi connectivity index (χ4n) is 1.92. The zero-order chi connectivity index (χ0) is 14.0. The van der Waals surface area contributed by atoms with E-state index in [-0.39, 0.29) is 6.54 Å². The van der Waals surface area contributed by atoms with E-state index in [1.807, 2.05) is 30.3 Å². The van der Waals surface area contributed by atoms with E-state index in [0.717, 1.165) is 21.3 Å². The maximum atomic E-state index is 11.8. The summed E-state index contributed by atoms with van der Waals surface area (Å²) in [6.07, 6.45) is 1.05. The Kier molecular flexibility index (Phi) is 3.78. The van der Waals surface area contributed by atoms with Crippen LogP contribution in [0.5, 0.6) is 0 Å². The van der Waals surface area contributed by atoms with Crippen LogP contribution in [-0.2, 0) is 14.8 Å². The van der Waals surface area contributed by atoms with Gasteiger partial charge >= 0.3 is 0 Å². The standard InChI is InChI=1S/C13H12ClNO3S/c1-19(17,18)15(9-13(14)16)12-8-4-6-10-5-2-3-7-11(10)12/h2-8H,9H2,1H3. The molecule has 0 fully saturated rings. The summed E-state index contributed by atoms with van der Waals surface area (Å²) in [7, 11) is -3.58. The summed E-state index contributed by atoms with van der Waals surface area (Å²) in [5, 5.41) is 0.933. The number of benzene rings is 2. The average molecular weight is 298 g/mol. The quantitative estimate of drug-likeness (QED) is 0.814. The van der Waals surface area contributed by atoms with Crippen molar-refractivity contribution < 1.29 is 13.2 Å². The van der Waals surface area contributed by atoms with E-state index in [0.29, 0.717) is 5.69 Å². The largest absolute Gasteiger partial charge is 0.279 e. The number of halogens is 1. The van der Waals surface area contributed by atoms with Crippen molar-refractivity contribution in [3.63, 3.8) is 0 Å². The number of fused-ring (bicyclic) bond motifs is 1. The van der Waals surface area contributed by atoms with Crippen molar-refractivity contribution in [1.82, 2.24) is 0 Å². The van der Waals surface area contributed by atoms with Crippen LogP contribution in [0.3, 0.4) is 0 Å². The molecule has 2 aromatic carbocycles. The van der Waals surface area contributed by atoms with Gasteiger partial charge in [0.1, 0.15) is 6.54 Å². The molecule has 0 heterocycles. The van der Waals surface area contributed by atoms with Crippen LogP contribution in [0, 0.1) is 0 Å². The fraction of sp³-hybridized carbons (Fsp3) is 0.154. The Morgan fingerprint density at radius 3 is 2.42 bits per heavy atom. The van der Waals surface area contributed by atoms with Gasteiger partial charge in [0.15, 0.2) is 0 Å². The van der Waals surface area contributed by atoms with E-state index in [1.165, 1.54) is 0 Å². The summed E-state index contributed by atoms with van der Waals surface area (Å²) in [4.78, 5) is 11.1. The molecule has 2 rings (SSSR count). The van der Waals surface area contributed by atoms with Crippen molar-refractivity contribution in [2.45, 2.75) is 0 Å². The molecule has 0 amide bonds. The highest BCUT2D eigenvalue weighted by atomic mass is 35.5. The number of rotatable bonds is 4. The van der Waals surface area contributed by atoms with E-state index in [1.54, 1.807) is 12.1 Å². The molecule has 0 spiro atoms. The molecule has 4 nitrogen and oxygen atoms in total. The third-order valence-corrected chi connectivity index (χ3v) is 3.95. The summed E-state index contributed by atoms with van der Waals surface area (Å²) in [6, 6.07) is 12.6. The van der Waals surface area contributed by atoms with E-state index in [2.05, 4.69) is 0 Å². The number of hydrogen-bond acceptors (Lipinski definition) is 3. The van der Waals surface area contributed by atoms with Gasteiger partial charge < -0.3 is 0 Å². The van der Waals surface area contributed by atoms with Crippen LogP contribution in [0.15, 0.2) is 42.5 Å². The minimum absolute atomic E-state index is 0.381. The average Bonchev–Trinajstić information content (AvgIpc) is 2.34.